The highest BCUT2D eigenvalue weighted by atomic mass is 16.6. The number of nitrogens with zero attached hydrogens (tertiary/aromatic N) is 2. The van der Waals surface area contributed by atoms with Gasteiger partial charge in [0.05, 0.1) is 12.2 Å². The Morgan fingerprint density at radius 3 is 2.79 bits per heavy atom. The molecule has 1 aliphatic carbocycles. The number of hydrogen-bond acceptors (Lipinski definition) is 3. The van der Waals surface area contributed by atoms with E-state index in [0.29, 0.717) is 12.6 Å². The van der Waals surface area contributed by atoms with Gasteiger partial charge in [-0.05, 0) is 33.6 Å². The van der Waals surface area contributed by atoms with E-state index in [0.717, 1.165) is 5.56 Å². The fourth-order valence-corrected chi connectivity index (χ4v) is 2.33. The lowest BCUT2D eigenvalue weighted by Gasteiger charge is -2.19. The second-order valence-corrected chi connectivity index (χ2v) is 6.12. The summed E-state index contributed by atoms with van der Waals surface area (Å²) < 4.78 is 7.22. The summed E-state index contributed by atoms with van der Waals surface area (Å²) in [5, 5.41) is 7.12. The van der Waals surface area contributed by atoms with E-state index in [1.807, 2.05) is 37.8 Å². The number of nitrogens with one attached hydrogen (secondary N) is 1. The zero-order valence-electron chi connectivity index (χ0n) is 12.0. The van der Waals surface area contributed by atoms with Crippen LogP contribution in [0.5, 0.6) is 0 Å². The molecule has 0 aliphatic heterocycles. The van der Waals surface area contributed by atoms with Crippen molar-refractivity contribution in [3.63, 3.8) is 0 Å². The Bertz CT molecular complexity index is 428. The van der Waals surface area contributed by atoms with Gasteiger partial charge in [0, 0.05) is 18.3 Å². The number of alkyl carbamates (subject to hydrolysis) is 1. The molecule has 0 saturated heterocycles. The Morgan fingerprint density at radius 1 is 1.47 bits per heavy atom. The maximum absolute atomic E-state index is 11.5. The van der Waals surface area contributed by atoms with Gasteiger partial charge in [-0.2, -0.15) is 5.10 Å². The molecule has 0 radical (unpaired) electrons. The Kier molecular flexibility index (Phi) is 4.12. The first-order valence-electron chi connectivity index (χ1n) is 6.94. The predicted octanol–water partition coefficient (Wildman–Crippen LogP) is 3.02. The number of amides is 1. The number of aromatic nitrogens is 2. The Balaban J connectivity index is 1.81. The highest BCUT2D eigenvalue weighted by Crippen LogP contribution is 2.28. The Morgan fingerprint density at radius 2 is 2.16 bits per heavy atom. The van der Waals surface area contributed by atoms with E-state index in [1.165, 1.54) is 25.7 Å². The summed E-state index contributed by atoms with van der Waals surface area (Å²) in [4.78, 5) is 11.5. The lowest BCUT2D eigenvalue weighted by molar-refractivity contribution is 0.0523. The van der Waals surface area contributed by atoms with Crippen molar-refractivity contribution in [2.45, 2.75) is 64.6 Å². The highest BCUT2D eigenvalue weighted by Gasteiger charge is 2.18. The summed E-state index contributed by atoms with van der Waals surface area (Å²) in [6, 6.07) is 0.537. The second-order valence-electron chi connectivity index (χ2n) is 6.12. The number of ether oxygens (including phenoxy) is 1. The zero-order valence-corrected chi connectivity index (χ0v) is 12.0. The second kappa shape index (κ2) is 5.63. The van der Waals surface area contributed by atoms with Crippen LogP contribution in [0.15, 0.2) is 12.4 Å². The maximum Gasteiger partial charge on any atom is 0.407 e. The van der Waals surface area contributed by atoms with E-state index >= 15 is 0 Å². The van der Waals surface area contributed by atoms with Gasteiger partial charge in [0.1, 0.15) is 5.60 Å². The van der Waals surface area contributed by atoms with Gasteiger partial charge < -0.3 is 10.1 Å². The van der Waals surface area contributed by atoms with Crippen molar-refractivity contribution in [3.8, 4) is 0 Å². The SMILES string of the molecule is CC(C)(C)OC(=O)NCc1cnn(C2CCCC2)c1. The molecule has 2 rings (SSSR count). The lowest BCUT2D eigenvalue weighted by Crippen LogP contribution is -2.32. The minimum Gasteiger partial charge on any atom is -0.444 e. The third kappa shape index (κ3) is 4.26. The lowest BCUT2D eigenvalue weighted by atomic mass is 10.2. The third-order valence-electron chi connectivity index (χ3n) is 3.19. The molecule has 1 amide bonds. The molecular weight excluding hydrogens is 242 g/mol. The fraction of sp³-hybridized carbons (Fsp3) is 0.714. The molecule has 0 bridgehead atoms. The summed E-state index contributed by atoms with van der Waals surface area (Å²) >= 11 is 0. The van der Waals surface area contributed by atoms with Crippen molar-refractivity contribution < 1.29 is 9.53 Å². The minimum absolute atomic E-state index is 0.388. The molecule has 1 aromatic rings. The first-order valence-corrected chi connectivity index (χ1v) is 6.94. The molecule has 1 saturated carbocycles. The molecule has 5 nitrogen and oxygen atoms in total. The quantitative estimate of drug-likeness (QED) is 0.914. The third-order valence-corrected chi connectivity index (χ3v) is 3.19. The first kappa shape index (κ1) is 13.9. The predicted molar refractivity (Wildman–Crippen MR) is 72.8 cm³/mol. The molecule has 1 aromatic heterocycles. The van der Waals surface area contributed by atoms with Crippen LogP contribution in [0.25, 0.3) is 0 Å². The molecule has 0 spiro atoms. The highest BCUT2D eigenvalue weighted by molar-refractivity contribution is 5.67. The van der Waals surface area contributed by atoms with Crippen LogP contribution in [-0.4, -0.2) is 21.5 Å². The van der Waals surface area contributed by atoms with E-state index in [1.54, 1.807) is 0 Å². The molecule has 1 fully saturated rings. The van der Waals surface area contributed by atoms with E-state index in [4.69, 9.17) is 4.74 Å². The van der Waals surface area contributed by atoms with Crippen molar-refractivity contribution in [2.24, 2.45) is 0 Å². The molecule has 1 heterocycles. The van der Waals surface area contributed by atoms with Gasteiger partial charge in [-0.1, -0.05) is 12.8 Å². The summed E-state index contributed by atoms with van der Waals surface area (Å²) in [6.07, 6.45) is 8.44. The van der Waals surface area contributed by atoms with E-state index in [2.05, 4.69) is 10.4 Å². The van der Waals surface area contributed by atoms with E-state index < -0.39 is 5.60 Å². The smallest absolute Gasteiger partial charge is 0.407 e. The molecule has 0 aromatic carbocycles. The largest absolute Gasteiger partial charge is 0.444 e. The van der Waals surface area contributed by atoms with Crippen LogP contribution < -0.4 is 5.32 Å². The van der Waals surface area contributed by atoms with Crippen molar-refractivity contribution in [3.05, 3.63) is 18.0 Å². The van der Waals surface area contributed by atoms with E-state index in [-0.39, 0.29) is 6.09 Å². The molecule has 1 aliphatic rings. The van der Waals surface area contributed by atoms with Crippen LogP contribution in [-0.2, 0) is 11.3 Å². The van der Waals surface area contributed by atoms with Gasteiger partial charge in [-0.25, -0.2) is 4.79 Å². The van der Waals surface area contributed by atoms with Crippen molar-refractivity contribution in [1.82, 2.24) is 15.1 Å². The minimum atomic E-state index is -0.460. The standard InChI is InChI=1S/C14H23N3O2/c1-14(2,3)19-13(18)15-8-11-9-16-17(10-11)12-6-4-5-7-12/h9-10,12H,4-8H2,1-3H3,(H,15,18). The molecule has 19 heavy (non-hydrogen) atoms. The van der Waals surface area contributed by atoms with Crippen LogP contribution in [0.4, 0.5) is 4.79 Å². The van der Waals surface area contributed by atoms with E-state index in [9.17, 15) is 4.79 Å². The molecular formula is C14H23N3O2. The number of carbonyl (C=O) groups excluding carboxylic acids is 1. The van der Waals surface area contributed by atoms with Crippen LogP contribution in [0.3, 0.4) is 0 Å². The van der Waals surface area contributed by atoms with Gasteiger partial charge in [0.25, 0.3) is 0 Å². The Labute approximate surface area is 114 Å². The monoisotopic (exact) mass is 265 g/mol. The number of rotatable bonds is 3. The van der Waals surface area contributed by atoms with Gasteiger partial charge in [-0.15, -0.1) is 0 Å². The van der Waals surface area contributed by atoms with Crippen molar-refractivity contribution >= 4 is 6.09 Å². The average molecular weight is 265 g/mol. The summed E-state index contributed by atoms with van der Waals surface area (Å²) in [5.41, 5.74) is 0.552. The molecule has 5 heteroatoms. The van der Waals surface area contributed by atoms with Crippen LogP contribution >= 0.6 is 0 Å². The normalized spacial score (nSPS) is 16.6. The van der Waals surface area contributed by atoms with Crippen molar-refractivity contribution in [1.29, 1.82) is 0 Å². The summed E-state index contributed by atoms with van der Waals surface area (Å²) in [7, 11) is 0. The zero-order chi connectivity index (χ0) is 13.9. The first-order chi connectivity index (χ1) is 8.94. The maximum atomic E-state index is 11.5. The fourth-order valence-electron chi connectivity index (χ4n) is 2.33. The summed E-state index contributed by atoms with van der Waals surface area (Å²) in [6.45, 7) is 6.02. The molecule has 0 unspecified atom stereocenters. The number of hydrogen-bond donors (Lipinski definition) is 1. The van der Waals surface area contributed by atoms with Crippen LogP contribution in [0, 0.1) is 0 Å². The van der Waals surface area contributed by atoms with Gasteiger partial charge >= 0.3 is 6.09 Å². The van der Waals surface area contributed by atoms with Gasteiger partial charge in [0.2, 0.25) is 0 Å². The number of carbonyl (C=O) groups is 1. The molecule has 0 atom stereocenters. The topological polar surface area (TPSA) is 56.1 Å². The van der Waals surface area contributed by atoms with Crippen LogP contribution in [0.2, 0.25) is 0 Å². The van der Waals surface area contributed by atoms with Gasteiger partial charge in [0.15, 0.2) is 0 Å². The summed E-state index contributed by atoms with van der Waals surface area (Å²) in [5.74, 6) is 0. The average Bonchev–Trinajstić information content (AvgIpc) is 2.95. The molecule has 106 valence electrons. The van der Waals surface area contributed by atoms with Gasteiger partial charge in [-0.3, -0.25) is 4.68 Å². The van der Waals surface area contributed by atoms with Crippen LogP contribution in [0.1, 0.15) is 58.1 Å². The Hall–Kier alpha value is -1.52. The molecule has 1 N–H and O–H groups in total. The van der Waals surface area contributed by atoms with Crippen molar-refractivity contribution in [2.75, 3.05) is 0 Å².